The van der Waals surface area contributed by atoms with Crippen LogP contribution < -0.4 is 0 Å². The maximum absolute atomic E-state index is 5.04. The number of hydrogen-bond acceptors (Lipinski definition) is 2. The number of rotatable bonds is 4. The number of nitrogens with zero attached hydrogens (tertiary/aromatic N) is 1. The second-order valence-electron chi connectivity index (χ2n) is 7.10. The average Bonchev–Trinajstić information content (AvgIpc) is 3.12. The molecule has 0 amide bonds. The molecular weight excluding hydrogens is 553 g/mol. The van der Waals surface area contributed by atoms with Crippen molar-refractivity contribution in [2.75, 3.05) is 0 Å². The van der Waals surface area contributed by atoms with Crippen molar-refractivity contribution in [2.24, 2.45) is 0 Å². The number of hydrogen-bond donors (Lipinski definition) is 0. The van der Waals surface area contributed by atoms with Gasteiger partial charge >= 0.3 is 0 Å². The van der Waals surface area contributed by atoms with E-state index < -0.39 is 0 Å². The second kappa shape index (κ2) is 10.3. The molecule has 29 heavy (non-hydrogen) atoms. The minimum absolute atomic E-state index is 0. The van der Waals surface area contributed by atoms with Crippen LogP contribution in [0.2, 0.25) is 0 Å². The van der Waals surface area contributed by atoms with Crippen LogP contribution >= 0.6 is 11.3 Å². The van der Waals surface area contributed by atoms with E-state index in [9.17, 15) is 0 Å². The molecule has 0 saturated heterocycles. The molecule has 0 saturated carbocycles. The fourth-order valence-electron chi connectivity index (χ4n) is 3.52. The van der Waals surface area contributed by atoms with Gasteiger partial charge in [-0.3, -0.25) is 4.98 Å². The summed E-state index contributed by atoms with van der Waals surface area (Å²) in [4.78, 5) is 6.15. The van der Waals surface area contributed by atoms with E-state index in [1.807, 2.05) is 0 Å². The Labute approximate surface area is 194 Å². The molecule has 0 unspecified atom stereocenters. The standard InChI is InChI=1S/C24H22NS.2CH3.Pt/c1-4-17-10-5-7-12-19(17)24(2,3)23-15-9-13-20(25-23)22-16-18-11-6-8-14-21(18)26-22;;;/h5-15H,4H2,1-3H3;2*1H3;/q3*-1;. The molecule has 0 aliphatic rings. The van der Waals surface area contributed by atoms with E-state index in [2.05, 4.69) is 93.6 Å². The van der Waals surface area contributed by atoms with Gasteiger partial charge in [0.05, 0.1) is 0 Å². The zero-order valence-electron chi connectivity index (χ0n) is 17.7. The third kappa shape index (κ3) is 4.87. The largest absolute Gasteiger partial charge is 0.358 e. The first-order valence-electron chi connectivity index (χ1n) is 9.06. The molecule has 0 aliphatic carbocycles. The van der Waals surface area contributed by atoms with Crippen LogP contribution in [0.15, 0.2) is 66.7 Å². The molecule has 3 heteroatoms. The third-order valence-electron chi connectivity index (χ3n) is 5.04. The molecule has 2 heterocycles. The van der Waals surface area contributed by atoms with Crippen LogP contribution in [0, 0.1) is 20.9 Å². The summed E-state index contributed by atoms with van der Waals surface area (Å²) in [7, 11) is 0. The quantitative estimate of drug-likeness (QED) is 0.227. The third-order valence-corrected chi connectivity index (χ3v) is 6.13. The molecule has 0 spiro atoms. The predicted molar refractivity (Wildman–Crippen MR) is 125 cm³/mol. The van der Waals surface area contributed by atoms with E-state index in [1.165, 1.54) is 15.8 Å². The number of aromatic nitrogens is 1. The maximum Gasteiger partial charge on any atom is 0.0397 e. The van der Waals surface area contributed by atoms with Gasteiger partial charge in [-0.15, -0.1) is 23.6 Å². The van der Waals surface area contributed by atoms with Gasteiger partial charge in [0.25, 0.3) is 0 Å². The van der Waals surface area contributed by atoms with Gasteiger partial charge in [0.2, 0.25) is 0 Å². The van der Waals surface area contributed by atoms with E-state index in [-0.39, 0.29) is 41.3 Å². The van der Waals surface area contributed by atoms with Crippen molar-refractivity contribution >= 4 is 21.4 Å². The smallest absolute Gasteiger partial charge is 0.0397 e. The first-order valence-corrected chi connectivity index (χ1v) is 9.88. The Hall–Kier alpha value is -1.76. The average molecular weight is 582 g/mol. The van der Waals surface area contributed by atoms with Gasteiger partial charge in [-0.05, 0) is 33.2 Å². The molecule has 0 aliphatic heterocycles. The molecule has 4 aromatic rings. The van der Waals surface area contributed by atoms with Crippen molar-refractivity contribution in [3.63, 3.8) is 0 Å². The molecule has 1 nitrogen and oxygen atoms in total. The summed E-state index contributed by atoms with van der Waals surface area (Å²) in [6, 6.07) is 27.0. The minimum atomic E-state index is -0.140. The van der Waals surface area contributed by atoms with Crippen molar-refractivity contribution in [3.05, 3.63) is 104 Å². The molecule has 2 aromatic carbocycles. The Morgan fingerprint density at radius 2 is 1.59 bits per heavy atom. The van der Waals surface area contributed by atoms with E-state index in [4.69, 9.17) is 4.98 Å². The molecule has 0 fully saturated rings. The van der Waals surface area contributed by atoms with Gasteiger partial charge < -0.3 is 14.9 Å². The summed E-state index contributed by atoms with van der Waals surface area (Å²) < 4.78 is 1.25. The number of benzene rings is 2. The summed E-state index contributed by atoms with van der Waals surface area (Å²) in [5.41, 5.74) is 4.71. The first kappa shape index (κ1) is 25.3. The zero-order chi connectivity index (χ0) is 18.1. The summed E-state index contributed by atoms with van der Waals surface area (Å²) in [5, 5.41) is 1.16. The molecule has 0 bridgehead atoms. The van der Waals surface area contributed by atoms with Crippen LogP contribution in [0.1, 0.15) is 37.6 Å². The van der Waals surface area contributed by atoms with Gasteiger partial charge in [0.1, 0.15) is 0 Å². The Morgan fingerprint density at radius 3 is 2.31 bits per heavy atom. The first-order chi connectivity index (χ1) is 12.6. The van der Waals surface area contributed by atoms with E-state index in [0.29, 0.717) is 0 Å². The molecule has 0 radical (unpaired) electrons. The summed E-state index contributed by atoms with van der Waals surface area (Å²) >= 11 is 1.76. The van der Waals surface area contributed by atoms with Gasteiger partial charge in [0.15, 0.2) is 0 Å². The normalized spacial score (nSPS) is 10.6. The number of aryl methyl sites for hydroxylation is 1. The van der Waals surface area contributed by atoms with Crippen molar-refractivity contribution in [3.8, 4) is 10.6 Å². The van der Waals surface area contributed by atoms with E-state index in [1.54, 1.807) is 11.3 Å². The second-order valence-corrected chi connectivity index (χ2v) is 8.15. The van der Waals surface area contributed by atoms with Crippen LogP contribution in [-0.4, -0.2) is 4.98 Å². The van der Waals surface area contributed by atoms with Gasteiger partial charge in [-0.25, -0.2) is 11.3 Å². The number of pyridine rings is 1. The topological polar surface area (TPSA) is 12.9 Å². The number of thiophene rings is 1. The SMILES string of the molecule is CCc1ccccc1C(C)(C)c1cccc(-c2[c-]c3ccccc3s2)n1.[CH3-].[CH3-].[Pt]. The Kier molecular flexibility index (Phi) is 9.00. The fraction of sp³-hybridized carbons (Fsp3) is 0.192. The minimum Gasteiger partial charge on any atom is -0.358 e. The zero-order valence-corrected chi connectivity index (χ0v) is 20.8. The summed E-state index contributed by atoms with van der Waals surface area (Å²) in [5.74, 6) is 0. The van der Waals surface area contributed by atoms with Gasteiger partial charge in [-0.2, -0.15) is 0 Å². The fourth-order valence-corrected chi connectivity index (χ4v) is 4.49. The van der Waals surface area contributed by atoms with Crippen molar-refractivity contribution in [2.45, 2.75) is 32.6 Å². The molecule has 4 rings (SSSR count). The summed E-state index contributed by atoms with van der Waals surface area (Å²) in [6.07, 6.45) is 1.03. The predicted octanol–water partition coefficient (Wildman–Crippen LogP) is 7.55. The van der Waals surface area contributed by atoms with Crippen molar-refractivity contribution in [1.29, 1.82) is 0 Å². The number of fused-ring (bicyclic) bond motifs is 1. The molecular formula is C26H28NPtS-3. The molecule has 2 aromatic heterocycles. The van der Waals surface area contributed by atoms with Crippen LogP contribution in [0.5, 0.6) is 0 Å². The summed E-state index contributed by atoms with van der Waals surface area (Å²) in [6.45, 7) is 6.75. The Balaban J connectivity index is 0.00000140. The van der Waals surface area contributed by atoms with Crippen LogP contribution in [-0.2, 0) is 32.9 Å². The van der Waals surface area contributed by atoms with Crippen molar-refractivity contribution in [1.82, 2.24) is 4.98 Å². The molecule has 156 valence electrons. The van der Waals surface area contributed by atoms with Gasteiger partial charge in [0, 0.05) is 37.9 Å². The maximum atomic E-state index is 5.04. The molecule has 0 N–H and O–H groups in total. The monoisotopic (exact) mass is 581 g/mol. The molecule has 0 atom stereocenters. The van der Waals surface area contributed by atoms with Crippen LogP contribution in [0.3, 0.4) is 0 Å². The van der Waals surface area contributed by atoms with E-state index in [0.717, 1.165) is 28.1 Å². The Morgan fingerprint density at radius 1 is 0.897 bits per heavy atom. The Bertz CT molecular complexity index is 1030. The van der Waals surface area contributed by atoms with Gasteiger partial charge in [-0.1, -0.05) is 69.3 Å². The van der Waals surface area contributed by atoms with Crippen molar-refractivity contribution < 1.29 is 21.1 Å². The van der Waals surface area contributed by atoms with Crippen LogP contribution in [0.4, 0.5) is 0 Å². The van der Waals surface area contributed by atoms with E-state index >= 15 is 0 Å². The van der Waals surface area contributed by atoms with Crippen LogP contribution in [0.25, 0.3) is 20.7 Å².